The lowest BCUT2D eigenvalue weighted by atomic mass is 10.1. The van der Waals surface area contributed by atoms with Crippen LogP contribution in [0, 0.1) is 10.1 Å². The van der Waals surface area contributed by atoms with Crippen molar-refractivity contribution in [3.8, 4) is 0 Å². The van der Waals surface area contributed by atoms with E-state index in [1.165, 1.54) is 30.0 Å². The molecule has 0 N–H and O–H groups in total. The monoisotopic (exact) mass is 423 g/mol. The fraction of sp³-hybridized carbons (Fsp3) is 0.200. The number of carbonyl (C=O) groups excluding carboxylic acids is 1. The van der Waals surface area contributed by atoms with Crippen LogP contribution in [0.4, 0.5) is 5.69 Å². The summed E-state index contributed by atoms with van der Waals surface area (Å²) in [6.45, 7) is 2.48. The first-order valence-electron chi connectivity index (χ1n) is 9.28. The van der Waals surface area contributed by atoms with Crippen molar-refractivity contribution < 1.29 is 9.72 Å². The van der Waals surface area contributed by atoms with E-state index in [-0.39, 0.29) is 28.3 Å². The van der Waals surface area contributed by atoms with Gasteiger partial charge in [0, 0.05) is 24.2 Å². The molecule has 4 aromatic rings. The van der Waals surface area contributed by atoms with E-state index in [9.17, 15) is 19.7 Å². The summed E-state index contributed by atoms with van der Waals surface area (Å²) in [5, 5.41) is 20.4. The number of non-ortho nitro benzene ring substituents is 1. The Morgan fingerprint density at radius 3 is 2.73 bits per heavy atom. The van der Waals surface area contributed by atoms with Crippen LogP contribution in [0.3, 0.4) is 0 Å². The maximum absolute atomic E-state index is 12.8. The summed E-state index contributed by atoms with van der Waals surface area (Å²) in [5.41, 5.74) is 0.670. The number of fused-ring (bicyclic) bond motifs is 3. The molecular weight excluding hydrogens is 406 g/mol. The van der Waals surface area contributed by atoms with Gasteiger partial charge in [-0.3, -0.25) is 28.7 Å². The van der Waals surface area contributed by atoms with Crippen molar-refractivity contribution in [3.05, 3.63) is 74.6 Å². The molecule has 152 valence electrons. The molecule has 0 spiro atoms. The Balaban J connectivity index is 1.72. The molecule has 30 heavy (non-hydrogen) atoms. The van der Waals surface area contributed by atoms with Crippen LogP contribution in [-0.2, 0) is 6.54 Å². The molecule has 0 aliphatic rings. The number of nitro benzene ring substituents is 1. The molecule has 0 amide bonds. The van der Waals surface area contributed by atoms with Crippen molar-refractivity contribution in [1.29, 1.82) is 0 Å². The molecule has 0 unspecified atom stereocenters. The van der Waals surface area contributed by atoms with Gasteiger partial charge < -0.3 is 0 Å². The third-order valence-corrected chi connectivity index (χ3v) is 5.57. The Bertz CT molecular complexity index is 1340. The molecule has 2 aromatic carbocycles. The standard InChI is InChI=1S/C20H17N5O4S/c1-2-10-23-18(27)15-8-3-4-9-16(15)24-19(23)21-22-20(24)30-12-17(26)13-6-5-7-14(11-13)25(28)29/h3-9,11H,2,10,12H2,1H3. The van der Waals surface area contributed by atoms with E-state index >= 15 is 0 Å². The zero-order valence-electron chi connectivity index (χ0n) is 16.0. The summed E-state index contributed by atoms with van der Waals surface area (Å²) in [7, 11) is 0. The molecule has 2 aromatic heterocycles. The molecule has 0 saturated heterocycles. The molecule has 0 bridgehead atoms. The average Bonchev–Trinajstić information content (AvgIpc) is 3.19. The molecule has 0 aliphatic heterocycles. The zero-order chi connectivity index (χ0) is 21.3. The van der Waals surface area contributed by atoms with Crippen LogP contribution < -0.4 is 5.56 Å². The fourth-order valence-corrected chi connectivity index (χ4v) is 4.09. The number of aryl methyl sites for hydroxylation is 1. The number of hydrogen-bond donors (Lipinski definition) is 0. The first-order chi connectivity index (χ1) is 14.5. The maximum atomic E-state index is 12.8. The first-order valence-corrected chi connectivity index (χ1v) is 10.3. The Hall–Kier alpha value is -3.53. The van der Waals surface area contributed by atoms with E-state index in [0.29, 0.717) is 28.4 Å². The number of carbonyl (C=O) groups is 1. The third kappa shape index (κ3) is 3.45. The predicted molar refractivity (Wildman–Crippen MR) is 113 cm³/mol. The van der Waals surface area contributed by atoms with E-state index in [0.717, 1.165) is 6.42 Å². The van der Waals surface area contributed by atoms with Gasteiger partial charge in [-0.15, -0.1) is 10.2 Å². The lowest BCUT2D eigenvalue weighted by Gasteiger charge is -2.10. The van der Waals surface area contributed by atoms with Gasteiger partial charge in [0.2, 0.25) is 5.78 Å². The lowest BCUT2D eigenvalue weighted by molar-refractivity contribution is -0.384. The van der Waals surface area contributed by atoms with Gasteiger partial charge in [0.15, 0.2) is 10.9 Å². The highest BCUT2D eigenvalue weighted by atomic mass is 32.2. The van der Waals surface area contributed by atoms with Crippen LogP contribution in [0.2, 0.25) is 0 Å². The molecule has 9 nitrogen and oxygen atoms in total. The second kappa shape index (κ2) is 8.07. The van der Waals surface area contributed by atoms with Crippen molar-refractivity contribution in [2.24, 2.45) is 0 Å². The van der Waals surface area contributed by atoms with E-state index in [1.807, 2.05) is 19.1 Å². The molecule has 0 radical (unpaired) electrons. The summed E-state index contributed by atoms with van der Waals surface area (Å²) in [6.07, 6.45) is 0.758. The topological polar surface area (TPSA) is 112 Å². The number of nitrogens with zero attached hydrogens (tertiary/aromatic N) is 5. The summed E-state index contributed by atoms with van der Waals surface area (Å²) < 4.78 is 3.36. The normalized spacial score (nSPS) is 11.2. The van der Waals surface area contributed by atoms with Gasteiger partial charge in [0.05, 0.1) is 21.6 Å². The highest BCUT2D eigenvalue weighted by Crippen LogP contribution is 2.23. The number of aromatic nitrogens is 4. The highest BCUT2D eigenvalue weighted by molar-refractivity contribution is 7.99. The van der Waals surface area contributed by atoms with Crippen molar-refractivity contribution in [1.82, 2.24) is 19.2 Å². The Kier molecular flexibility index (Phi) is 5.32. The maximum Gasteiger partial charge on any atom is 0.270 e. The number of benzene rings is 2. The average molecular weight is 423 g/mol. The Morgan fingerprint density at radius 2 is 1.97 bits per heavy atom. The highest BCUT2D eigenvalue weighted by Gasteiger charge is 2.18. The molecule has 0 fully saturated rings. The molecule has 10 heteroatoms. The van der Waals surface area contributed by atoms with Crippen LogP contribution in [0.5, 0.6) is 0 Å². The molecule has 2 heterocycles. The van der Waals surface area contributed by atoms with Gasteiger partial charge in [-0.05, 0) is 18.6 Å². The summed E-state index contributed by atoms with van der Waals surface area (Å²) >= 11 is 1.18. The van der Waals surface area contributed by atoms with Crippen molar-refractivity contribution >= 4 is 39.9 Å². The van der Waals surface area contributed by atoms with E-state index < -0.39 is 4.92 Å². The van der Waals surface area contributed by atoms with Crippen molar-refractivity contribution in [3.63, 3.8) is 0 Å². The minimum absolute atomic E-state index is 0.0309. The first kappa shape index (κ1) is 19.8. The van der Waals surface area contributed by atoms with Crippen LogP contribution in [-0.4, -0.2) is 35.6 Å². The largest absolute Gasteiger partial charge is 0.293 e. The number of para-hydroxylation sites is 1. The SMILES string of the molecule is CCCn1c(=O)c2ccccc2n2c(SCC(=O)c3cccc([N+](=O)[O-])c3)nnc12. The molecule has 0 atom stereocenters. The van der Waals surface area contributed by atoms with Gasteiger partial charge >= 0.3 is 0 Å². The molecule has 0 aliphatic carbocycles. The smallest absolute Gasteiger partial charge is 0.270 e. The second-order valence-corrected chi connectivity index (χ2v) is 7.55. The van der Waals surface area contributed by atoms with Gasteiger partial charge in [-0.25, -0.2) is 0 Å². The lowest BCUT2D eigenvalue weighted by Crippen LogP contribution is -2.23. The number of rotatable bonds is 7. The van der Waals surface area contributed by atoms with Gasteiger partial charge in [0.25, 0.3) is 11.2 Å². The van der Waals surface area contributed by atoms with Crippen LogP contribution in [0.15, 0.2) is 58.5 Å². The Morgan fingerprint density at radius 1 is 1.17 bits per heavy atom. The number of nitro groups is 1. The second-order valence-electron chi connectivity index (χ2n) is 6.61. The number of ketones is 1. The quantitative estimate of drug-likeness (QED) is 0.194. The van der Waals surface area contributed by atoms with Gasteiger partial charge in [0.1, 0.15) is 0 Å². The van der Waals surface area contributed by atoms with Gasteiger partial charge in [-0.1, -0.05) is 43.0 Å². The molecular formula is C20H17N5O4S. The summed E-state index contributed by atoms with van der Waals surface area (Å²) in [6, 6.07) is 12.8. The number of Topliss-reactive ketones (excluding diaryl/α,β-unsaturated/α-hetero) is 1. The van der Waals surface area contributed by atoms with Crippen LogP contribution >= 0.6 is 11.8 Å². The van der Waals surface area contributed by atoms with Crippen LogP contribution in [0.25, 0.3) is 16.7 Å². The van der Waals surface area contributed by atoms with E-state index in [4.69, 9.17) is 0 Å². The predicted octanol–water partition coefficient (Wildman–Crippen LogP) is 3.34. The van der Waals surface area contributed by atoms with E-state index in [1.54, 1.807) is 27.2 Å². The summed E-state index contributed by atoms with van der Waals surface area (Å²) in [5.74, 6) is 0.195. The fourth-order valence-electron chi connectivity index (χ4n) is 3.26. The number of hydrogen-bond acceptors (Lipinski definition) is 7. The number of thioether (sulfide) groups is 1. The summed E-state index contributed by atoms with van der Waals surface area (Å²) in [4.78, 5) is 35.8. The molecule has 4 rings (SSSR count). The zero-order valence-corrected chi connectivity index (χ0v) is 16.8. The van der Waals surface area contributed by atoms with Crippen molar-refractivity contribution in [2.45, 2.75) is 25.0 Å². The minimum atomic E-state index is -0.533. The van der Waals surface area contributed by atoms with Crippen LogP contribution in [0.1, 0.15) is 23.7 Å². The minimum Gasteiger partial charge on any atom is -0.293 e. The Labute approximate surface area is 174 Å². The van der Waals surface area contributed by atoms with Gasteiger partial charge in [-0.2, -0.15) is 0 Å². The van der Waals surface area contributed by atoms with Crippen molar-refractivity contribution in [2.75, 3.05) is 5.75 Å². The third-order valence-electron chi connectivity index (χ3n) is 4.64. The van der Waals surface area contributed by atoms with E-state index in [2.05, 4.69) is 10.2 Å². The molecule has 0 saturated carbocycles.